The summed E-state index contributed by atoms with van der Waals surface area (Å²) in [6.45, 7) is 1.48. The molecule has 1 aromatic rings. The zero-order valence-electron chi connectivity index (χ0n) is 11.8. The van der Waals surface area contributed by atoms with E-state index < -0.39 is 11.7 Å². The summed E-state index contributed by atoms with van der Waals surface area (Å²) in [5.74, 6) is 0.484. The first-order chi connectivity index (χ1) is 9.91. The molecule has 6 heteroatoms. The van der Waals surface area contributed by atoms with Crippen LogP contribution in [-0.2, 0) is 10.9 Å². The number of rotatable bonds is 4. The minimum absolute atomic E-state index is 0.0928. The molecule has 0 bridgehead atoms. The average Bonchev–Trinajstić information content (AvgIpc) is 2.45. The molecule has 1 heterocycles. The van der Waals surface area contributed by atoms with Crippen LogP contribution in [0, 0.1) is 5.92 Å². The minimum Gasteiger partial charge on any atom is -0.381 e. The van der Waals surface area contributed by atoms with E-state index in [0.717, 1.165) is 38.5 Å². The molecule has 21 heavy (non-hydrogen) atoms. The first kappa shape index (κ1) is 16.8. The summed E-state index contributed by atoms with van der Waals surface area (Å²) in [4.78, 5) is 0. The van der Waals surface area contributed by atoms with E-state index in [-0.39, 0.29) is 6.04 Å². The highest BCUT2D eigenvalue weighted by Gasteiger charge is 2.32. The van der Waals surface area contributed by atoms with Crippen LogP contribution in [0.3, 0.4) is 0 Å². The maximum atomic E-state index is 12.9. The SMILES string of the molecule is CNC(CC1CCOCC1)c1cc(C(F)(F)F)ccc1Br. The van der Waals surface area contributed by atoms with Gasteiger partial charge in [0.05, 0.1) is 5.56 Å². The Labute approximate surface area is 131 Å². The second-order valence-electron chi connectivity index (χ2n) is 5.37. The van der Waals surface area contributed by atoms with Crippen LogP contribution in [0.5, 0.6) is 0 Å². The highest BCUT2D eigenvalue weighted by atomic mass is 79.9. The number of nitrogens with one attached hydrogen (secondary N) is 1. The van der Waals surface area contributed by atoms with Crippen LogP contribution in [0.15, 0.2) is 22.7 Å². The second-order valence-corrected chi connectivity index (χ2v) is 6.22. The number of hydrogen-bond donors (Lipinski definition) is 1. The standard InChI is InChI=1S/C15H19BrF3NO/c1-20-14(8-10-4-6-21-7-5-10)12-9-11(15(17,18)19)2-3-13(12)16/h2-3,9-10,14,20H,4-8H2,1H3. The van der Waals surface area contributed by atoms with Crippen LogP contribution in [-0.4, -0.2) is 20.3 Å². The smallest absolute Gasteiger partial charge is 0.381 e. The van der Waals surface area contributed by atoms with Gasteiger partial charge in [0.25, 0.3) is 0 Å². The molecule has 1 N–H and O–H groups in total. The molecule has 1 aliphatic heterocycles. The third kappa shape index (κ3) is 4.44. The lowest BCUT2D eigenvalue weighted by molar-refractivity contribution is -0.137. The molecule has 2 nitrogen and oxygen atoms in total. The van der Waals surface area contributed by atoms with Gasteiger partial charge >= 0.3 is 6.18 Å². The van der Waals surface area contributed by atoms with Crippen LogP contribution < -0.4 is 5.32 Å². The van der Waals surface area contributed by atoms with Gasteiger partial charge in [-0.2, -0.15) is 13.2 Å². The molecule has 1 aliphatic rings. The maximum Gasteiger partial charge on any atom is 0.416 e. The van der Waals surface area contributed by atoms with Crippen molar-refractivity contribution in [3.05, 3.63) is 33.8 Å². The van der Waals surface area contributed by atoms with Crippen molar-refractivity contribution in [2.45, 2.75) is 31.5 Å². The Morgan fingerprint density at radius 2 is 2.00 bits per heavy atom. The maximum absolute atomic E-state index is 12.9. The highest BCUT2D eigenvalue weighted by Crippen LogP contribution is 2.36. The van der Waals surface area contributed by atoms with E-state index in [4.69, 9.17) is 4.74 Å². The van der Waals surface area contributed by atoms with Crippen molar-refractivity contribution in [1.29, 1.82) is 0 Å². The van der Waals surface area contributed by atoms with E-state index in [1.165, 1.54) is 12.1 Å². The number of alkyl halides is 3. The Morgan fingerprint density at radius 1 is 1.33 bits per heavy atom. The van der Waals surface area contributed by atoms with Crippen molar-refractivity contribution >= 4 is 15.9 Å². The van der Waals surface area contributed by atoms with Crippen LogP contribution in [0.25, 0.3) is 0 Å². The number of ether oxygens (including phenoxy) is 1. The lowest BCUT2D eigenvalue weighted by Gasteiger charge is -2.27. The number of hydrogen-bond acceptors (Lipinski definition) is 2. The molecule has 0 saturated carbocycles. The largest absolute Gasteiger partial charge is 0.416 e. The van der Waals surface area contributed by atoms with E-state index in [1.807, 2.05) is 0 Å². The molecule has 1 aromatic carbocycles. The van der Waals surface area contributed by atoms with Crippen LogP contribution in [0.4, 0.5) is 13.2 Å². The first-order valence-electron chi connectivity index (χ1n) is 7.03. The van der Waals surface area contributed by atoms with E-state index >= 15 is 0 Å². The van der Waals surface area contributed by atoms with Crippen molar-refractivity contribution in [1.82, 2.24) is 5.32 Å². The molecule has 0 aromatic heterocycles. The summed E-state index contributed by atoms with van der Waals surface area (Å²) >= 11 is 3.37. The van der Waals surface area contributed by atoms with Gasteiger partial charge in [-0.15, -0.1) is 0 Å². The van der Waals surface area contributed by atoms with Crippen molar-refractivity contribution in [2.24, 2.45) is 5.92 Å². The van der Waals surface area contributed by atoms with Crippen molar-refractivity contribution in [3.63, 3.8) is 0 Å². The lowest BCUT2D eigenvalue weighted by Crippen LogP contribution is -2.24. The lowest BCUT2D eigenvalue weighted by atomic mass is 9.89. The average molecular weight is 366 g/mol. The van der Waals surface area contributed by atoms with Gasteiger partial charge in [-0.25, -0.2) is 0 Å². The van der Waals surface area contributed by atoms with Gasteiger partial charge in [0.2, 0.25) is 0 Å². The van der Waals surface area contributed by atoms with Gasteiger partial charge in [0, 0.05) is 23.7 Å². The van der Waals surface area contributed by atoms with E-state index in [9.17, 15) is 13.2 Å². The fraction of sp³-hybridized carbons (Fsp3) is 0.600. The van der Waals surface area contributed by atoms with Crippen LogP contribution in [0.2, 0.25) is 0 Å². The molecule has 118 valence electrons. The summed E-state index contributed by atoms with van der Waals surface area (Å²) in [6.07, 6.45) is -1.56. The third-order valence-corrected chi connectivity index (χ3v) is 4.68. The van der Waals surface area contributed by atoms with Gasteiger partial charge in [-0.05, 0) is 56.0 Å². The summed E-state index contributed by atoms with van der Waals surface area (Å²) in [7, 11) is 1.79. The number of benzene rings is 1. The zero-order chi connectivity index (χ0) is 15.5. The minimum atomic E-state index is -4.31. The molecule has 1 fully saturated rings. The van der Waals surface area contributed by atoms with Crippen molar-refractivity contribution < 1.29 is 17.9 Å². The predicted octanol–water partition coefficient (Wildman–Crippen LogP) is 4.55. The molecule has 0 spiro atoms. The Balaban J connectivity index is 2.20. The summed E-state index contributed by atoms with van der Waals surface area (Å²) < 4.78 is 44.7. The Kier molecular flexibility index (Phi) is 5.68. The monoisotopic (exact) mass is 365 g/mol. The predicted molar refractivity (Wildman–Crippen MR) is 79.1 cm³/mol. The third-order valence-electron chi connectivity index (χ3n) is 3.96. The summed E-state index contributed by atoms with van der Waals surface area (Å²) in [6, 6.07) is 3.73. The van der Waals surface area contributed by atoms with Crippen molar-refractivity contribution in [2.75, 3.05) is 20.3 Å². The number of halogens is 4. The highest BCUT2D eigenvalue weighted by molar-refractivity contribution is 9.10. The van der Waals surface area contributed by atoms with Crippen LogP contribution >= 0.6 is 15.9 Å². The molecular formula is C15H19BrF3NO. The molecule has 0 aliphatic carbocycles. The fourth-order valence-electron chi connectivity index (χ4n) is 2.70. The van der Waals surface area contributed by atoms with E-state index in [2.05, 4.69) is 21.2 Å². The summed E-state index contributed by atoms with van der Waals surface area (Å²) in [5.41, 5.74) is 0.0618. The van der Waals surface area contributed by atoms with Gasteiger partial charge in [0.15, 0.2) is 0 Å². The molecule has 2 rings (SSSR count). The zero-order valence-corrected chi connectivity index (χ0v) is 13.4. The van der Waals surface area contributed by atoms with Gasteiger partial charge in [0.1, 0.15) is 0 Å². The Morgan fingerprint density at radius 3 is 2.57 bits per heavy atom. The van der Waals surface area contributed by atoms with E-state index in [0.29, 0.717) is 16.0 Å². The van der Waals surface area contributed by atoms with Gasteiger partial charge in [-0.1, -0.05) is 15.9 Å². The van der Waals surface area contributed by atoms with Gasteiger partial charge < -0.3 is 10.1 Å². The second kappa shape index (κ2) is 7.11. The molecular weight excluding hydrogens is 347 g/mol. The first-order valence-corrected chi connectivity index (χ1v) is 7.82. The van der Waals surface area contributed by atoms with Crippen molar-refractivity contribution in [3.8, 4) is 0 Å². The normalized spacial score (nSPS) is 18.7. The Hall–Kier alpha value is -0.590. The molecule has 0 radical (unpaired) electrons. The van der Waals surface area contributed by atoms with E-state index in [1.54, 1.807) is 7.05 Å². The molecule has 1 atom stereocenters. The molecule has 0 amide bonds. The molecule has 1 unspecified atom stereocenters. The Bertz CT molecular complexity index is 472. The molecule has 1 saturated heterocycles. The summed E-state index contributed by atoms with van der Waals surface area (Å²) in [5, 5.41) is 3.15. The van der Waals surface area contributed by atoms with Gasteiger partial charge in [-0.3, -0.25) is 0 Å². The van der Waals surface area contributed by atoms with Crippen LogP contribution in [0.1, 0.15) is 36.4 Å². The quantitative estimate of drug-likeness (QED) is 0.845. The topological polar surface area (TPSA) is 21.3 Å². The fourth-order valence-corrected chi connectivity index (χ4v) is 3.23.